The average molecular weight is 460 g/mol. The van der Waals surface area contributed by atoms with Crippen molar-refractivity contribution in [3.63, 3.8) is 0 Å². The van der Waals surface area contributed by atoms with Crippen LogP contribution in [0.2, 0.25) is 0 Å². The van der Waals surface area contributed by atoms with Gasteiger partial charge in [0.05, 0.1) is 0 Å². The van der Waals surface area contributed by atoms with Gasteiger partial charge in [-0.2, -0.15) is 0 Å². The van der Waals surface area contributed by atoms with Crippen molar-refractivity contribution in [2.75, 3.05) is 13.1 Å². The minimum atomic E-state index is -1.02. The van der Waals surface area contributed by atoms with Crippen LogP contribution < -0.4 is 5.32 Å². The Labute approximate surface area is 194 Å². The topological polar surface area (TPSA) is 116 Å². The number of ether oxygens (including phenoxy) is 1. The number of benzene rings is 1. The molecule has 0 saturated carbocycles. The number of nitrogens with one attached hydrogen (secondary N) is 1. The fourth-order valence-electron chi connectivity index (χ4n) is 4.47. The lowest BCUT2D eigenvalue weighted by Gasteiger charge is -2.32. The fourth-order valence-corrected chi connectivity index (χ4v) is 4.47. The van der Waals surface area contributed by atoms with E-state index in [0.29, 0.717) is 38.8 Å². The van der Waals surface area contributed by atoms with E-state index in [1.54, 1.807) is 20.8 Å². The zero-order valence-corrected chi connectivity index (χ0v) is 19.5. The maximum absolute atomic E-state index is 13.6. The van der Waals surface area contributed by atoms with Gasteiger partial charge in [0.15, 0.2) is 0 Å². The van der Waals surface area contributed by atoms with Crippen LogP contribution in [0.3, 0.4) is 0 Å². The Kier molecular flexibility index (Phi) is 7.61. The zero-order valence-electron chi connectivity index (χ0n) is 19.5. The summed E-state index contributed by atoms with van der Waals surface area (Å²) in [7, 11) is 0. The molecule has 9 nitrogen and oxygen atoms in total. The lowest BCUT2D eigenvalue weighted by atomic mass is 10.0. The number of carboxylic acids is 1. The minimum Gasteiger partial charge on any atom is -0.480 e. The molecule has 0 unspecified atom stereocenters. The summed E-state index contributed by atoms with van der Waals surface area (Å²) in [5, 5.41) is 12.1. The number of likely N-dealkylation sites (tertiary alicyclic amines) is 2. The van der Waals surface area contributed by atoms with Crippen LogP contribution in [0.5, 0.6) is 0 Å². The van der Waals surface area contributed by atoms with Crippen molar-refractivity contribution in [2.45, 2.75) is 76.6 Å². The second-order valence-corrected chi connectivity index (χ2v) is 9.61. The summed E-state index contributed by atoms with van der Waals surface area (Å²) in [5.74, 6) is -1.72. The largest absolute Gasteiger partial charge is 0.480 e. The third-order valence-electron chi connectivity index (χ3n) is 5.91. The number of carbonyl (C=O) groups excluding carboxylic acids is 3. The molecule has 2 N–H and O–H groups in total. The number of alkyl carbamates (subject to hydrolysis) is 1. The Morgan fingerprint density at radius 3 is 2.24 bits per heavy atom. The van der Waals surface area contributed by atoms with Crippen molar-refractivity contribution in [1.29, 1.82) is 0 Å². The first-order chi connectivity index (χ1) is 15.6. The van der Waals surface area contributed by atoms with Crippen molar-refractivity contribution < 1.29 is 29.0 Å². The van der Waals surface area contributed by atoms with E-state index in [2.05, 4.69) is 5.32 Å². The molecular formula is C24H33N3O6. The third-order valence-corrected chi connectivity index (χ3v) is 5.91. The number of nitrogens with zero attached hydrogens (tertiary/aromatic N) is 2. The van der Waals surface area contributed by atoms with E-state index in [4.69, 9.17) is 4.74 Å². The number of amides is 3. The lowest BCUT2D eigenvalue weighted by Crippen LogP contribution is -2.56. The Morgan fingerprint density at radius 2 is 1.64 bits per heavy atom. The van der Waals surface area contributed by atoms with E-state index in [-0.39, 0.29) is 18.2 Å². The van der Waals surface area contributed by atoms with Crippen LogP contribution in [0.25, 0.3) is 0 Å². The van der Waals surface area contributed by atoms with E-state index in [1.807, 2.05) is 30.3 Å². The van der Waals surface area contributed by atoms with Gasteiger partial charge < -0.3 is 25.0 Å². The van der Waals surface area contributed by atoms with Gasteiger partial charge in [0.2, 0.25) is 11.8 Å². The maximum atomic E-state index is 13.6. The first-order valence-electron chi connectivity index (χ1n) is 11.4. The molecule has 1 aromatic carbocycles. The monoisotopic (exact) mass is 459 g/mol. The Bertz CT molecular complexity index is 882. The highest BCUT2D eigenvalue weighted by Crippen LogP contribution is 2.26. The molecular weight excluding hydrogens is 426 g/mol. The molecule has 3 amide bonds. The highest BCUT2D eigenvalue weighted by Gasteiger charge is 2.43. The highest BCUT2D eigenvalue weighted by atomic mass is 16.6. The molecule has 0 aromatic heterocycles. The molecule has 2 heterocycles. The number of hydrogen-bond acceptors (Lipinski definition) is 5. The predicted octanol–water partition coefficient (Wildman–Crippen LogP) is 2.19. The van der Waals surface area contributed by atoms with Crippen molar-refractivity contribution >= 4 is 23.9 Å². The molecule has 0 bridgehead atoms. The molecule has 3 rings (SSSR count). The molecule has 0 aliphatic carbocycles. The molecule has 9 heteroatoms. The van der Waals surface area contributed by atoms with Gasteiger partial charge in [-0.25, -0.2) is 9.59 Å². The number of rotatable bonds is 6. The summed E-state index contributed by atoms with van der Waals surface area (Å²) < 4.78 is 5.35. The van der Waals surface area contributed by atoms with Crippen molar-refractivity contribution in [3.05, 3.63) is 35.9 Å². The molecule has 3 atom stereocenters. The zero-order chi connectivity index (χ0) is 24.2. The summed E-state index contributed by atoms with van der Waals surface area (Å²) in [6, 6.07) is 6.82. The molecule has 0 radical (unpaired) electrons. The molecule has 1 aromatic rings. The van der Waals surface area contributed by atoms with E-state index >= 15 is 0 Å². The van der Waals surface area contributed by atoms with Crippen LogP contribution in [0.15, 0.2) is 30.3 Å². The molecule has 2 aliphatic rings. The van der Waals surface area contributed by atoms with Crippen LogP contribution in [0, 0.1) is 0 Å². The second-order valence-electron chi connectivity index (χ2n) is 9.61. The fraction of sp³-hybridized carbons (Fsp3) is 0.583. The molecule has 0 spiro atoms. The van der Waals surface area contributed by atoms with E-state index in [9.17, 15) is 24.3 Å². The highest BCUT2D eigenvalue weighted by molar-refractivity contribution is 5.93. The van der Waals surface area contributed by atoms with Gasteiger partial charge in [0, 0.05) is 19.5 Å². The van der Waals surface area contributed by atoms with Crippen molar-refractivity contribution in [2.24, 2.45) is 0 Å². The summed E-state index contributed by atoms with van der Waals surface area (Å²) in [4.78, 5) is 53.7. The normalized spacial score (nSPS) is 21.5. The Hall–Kier alpha value is -3.10. The van der Waals surface area contributed by atoms with Gasteiger partial charge in [-0.15, -0.1) is 0 Å². The third kappa shape index (κ3) is 6.24. The van der Waals surface area contributed by atoms with Crippen LogP contribution in [0.4, 0.5) is 4.79 Å². The van der Waals surface area contributed by atoms with Gasteiger partial charge in [-0.05, 0) is 52.0 Å². The summed E-state index contributed by atoms with van der Waals surface area (Å²) in [6.45, 7) is 5.97. The number of aliphatic carboxylic acids is 1. The standard InChI is InChI=1S/C24H33N3O6/c1-24(2,3)33-23(32)25-17(15-16-9-5-4-6-10-16)20(28)26-13-7-11-18(26)21(29)27-14-8-12-19(27)22(30)31/h4-6,9-10,17-19H,7-8,11-15H2,1-3H3,(H,25,32)(H,30,31)/t17-,18-,19-/m0/s1. The predicted molar refractivity (Wildman–Crippen MR) is 120 cm³/mol. The van der Waals surface area contributed by atoms with Gasteiger partial charge in [-0.1, -0.05) is 30.3 Å². The van der Waals surface area contributed by atoms with Crippen LogP contribution in [-0.2, 0) is 25.5 Å². The molecule has 2 saturated heterocycles. The van der Waals surface area contributed by atoms with Gasteiger partial charge >= 0.3 is 12.1 Å². The van der Waals surface area contributed by atoms with Crippen LogP contribution in [-0.4, -0.2) is 75.6 Å². The van der Waals surface area contributed by atoms with E-state index in [0.717, 1.165) is 5.56 Å². The summed E-state index contributed by atoms with van der Waals surface area (Å²) in [6.07, 6.45) is 1.69. The summed E-state index contributed by atoms with van der Waals surface area (Å²) in [5.41, 5.74) is 0.137. The summed E-state index contributed by atoms with van der Waals surface area (Å²) >= 11 is 0. The van der Waals surface area contributed by atoms with Crippen LogP contribution in [0.1, 0.15) is 52.0 Å². The SMILES string of the molecule is CC(C)(C)OC(=O)N[C@@H](Cc1ccccc1)C(=O)N1CCC[C@H]1C(=O)N1CCC[C@H]1C(=O)O. The van der Waals surface area contributed by atoms with Gasteiger partial charge in [0.1, 0.15) is 23.7 Å². The first-order valence-corrected chi connectivity index (χ1v) is 11.4. The number of hydrogen-bond donors (Lipinski definition) is 2. The molecule has 180 valence electrons. The molecule has 2 aliphatic heterocycles. The first kappa shape index (κ1) is 24.5. The smallest absolute Gasteiger partial charge is 0.408 e. The second kappa shape index (κ2) is 10.2. The van der Waals surface area contributed by atoms with Crippen LogP contribution >= 0.6 is 0 Å². The number of carbonyl (C=O) groups is 4. The lowest BCUT2D eigenvalue weighted by molar-refractivity contribution is -0.152. The van der Waals surface area contributed by atoms with Gasteiger partial charge in [-0.3, -0.25) is 9.59 Å². The quantitative estimate of drug-likeness (QED) is 0.674. The Balaban J connectivity index is 1.79. The minimum absolute atomic E-state index is 0.248. The van der Waals surface area contributed by atoms with Crippen molar-refractivity contribution in [1.82, 2.24) is 15.1 Å². The van der Waals surface area contributed by atoms with Crippen molar-refractivity contribution in [3.8, 4) is 0 Å². The Morgan fingerprint density at radius 1 is 1.03 bits per heavy atom. The molecule has 33 heavy (non-hydrogen) atoms. The maximum Gasteiger partial charge on any atom is 0.408 e. The number of carboxylic acid groups (broad SMARTS) is 1. The van der Waals surface area contributed by atoms with Gasteiger partial charge in [0.25, 0.3) is 0 Å². The van der Waals surface area contributed by atoms with E-state index < -0.39 is 35.8 Å². The molecule has 2 fully saturated rings. The van der Waals surface area contributed by atoms with E-state index in [1.165, 1.54) is 9.80 Å². The average Bonchev–Trinajstić information content (AvgIpc) is 3.41.